The number of aryl methyl sites for hydroxylation is 3. The SMILES string of the molecule is Br.Cc1ccc(COc2ccc(Oc3cc(C)c(C=CC(=O)N4CCN(Cc5ccc(CCOc6ccc(C)cc6)cc5)CC4)cc3Cl)nc2)cc1. The number of hydrogen-bond acceptors (Lipinski definition) is 6. The van der Waals surface area contributed by atoms with Crippen LogP contribution in [0.15, 0.2) is 109 Å². The van der Waals surface area contributed by atoms with Gasteiger partial charge in [0.05, 0.1) is 17.8 Å². The van der Waals surface area contributed by atoms with Crippen molar-refractivity contribution < 1.29 is 19.0 Å². The molecule has 6 rings (SSSR count). The quantitative estimate of drug-likeness (QED) is 0.111. The molecule has 0 aliphatic carbocycles. The van der Waals surface area contributed by atoms with Gasteiger partial charge >= 0.3 is 0 Å². The van der Waals surface area contributed by atoms with Gasteiger partial charge < -0.3 is 19.1 Å². The summed E-state index contributed by atoms with van der Waals surface area (Å²) in [4.78, 5) is 21.7. The Labute approximate surface area is 322 Å². The van der Waals surface area contributed by atoms with Gasteiger partial charge in [-0.15, -0.1) is 17.0 Å². The van der Waals surface area contributed by atoms with E-state index in [9.17, 15) is 4.79 Å². The highest BCUT2D eigenvalue weighted by Gasteiger charge is 2.20. The van der Waals surface area contributed by atoms with Crippen LogP contribution in [0.25, 0.3) is 6.08 Å². The predicted octanol–water partition coefficient (Wildman–Crippen LogP) is 9.59. The van der Waals surface area contributed by atoms with E-state index in [0.29, 0.717) is 48.7 Å². The number of carbonyl (C=O) groups is 1. The highest BCUT2D eigenvalue weighted by Crippen LogP contribution is 2.32. The predicted molar refractivity (Wildman–Crippen MR) is 214 cm³/mol. The zero-order valence-corrected chi connectivity index (χ0v) is 32.4. The third-order valence-corrected chi connectivity index (χ3v) is 9.26. The van der Waals surface area contributed by atoms with Gasteiger partial charge in [-0.1, -0.05) is 83.4 Å². The van der Waals surface area contributed by atoms with Crippen molar-refractivity contribution in [3.63, 3.8) is 0 Å². The van der Waals surface area contributed by atoms with Crippen LogP contribution in [0.1, 0.15) is 38.9 Å². The lowest BCUT2D eigenvalue weighted by atomic mass is 10.1. The second-order valence-electron chi connectivity index (χ2n) is 13.0. The van der Waals surface area contributed by atoms with Crippen LogP contribution in [0.5, 0.6) is 23.1 Å². The molecule has 2 heterocycles. The molecule has 1 aliphatic rings. The van der Waals surface area contributed by atoms with Crippen molar-refractivity contribution in [1.82, 2.24) is 14.8 Å². The summed E-state index contributed by atoms with van der Waals surface area (Å²) in [5.74, 6) is 2.46. The van der Waals surface area contributed by atoms with E-state index < -0.39 is 0 Å². The van der Waals surface area contributed by atoms with Gasteiger partial charge in [-0.2, -0.15) is 0 Å². The van der Waals surface area contributed by atoms with Gasteiger partial charge in [0.15, 0.2) is 0 Å². The molecule has 9 heteroatoms. The van der Waals surface area contributed by atoms with Gasteiger partial charge in [0.1, 0.15) is 23.9 Å². The van der Waals surface area contributed by atoms with Crippen molar-refractivity contribution in [2.75, 3.05) is 32.8 Å². The Balaban J connectivity index is 0.00000523. The largest absolute Gasteiger partial charge is 0.493 e. The fourth-order valence-corrected chi connectivity index (χ4v) is 6.00. The lowest BCUT2D eigenvalue weighted by Gasteiger charge is -2.34. The monoisotopic (exact) mass is 781 g/mol. The molecule has 0 spiro atoms. The first-order valence-corrected chi connectivity index (χ1v) is 17.7. The number of aromatic nitrogens is 1. The van der Waals surface area contributed by atoms with Crippen molar-refractivity contribution in [3.8, 4) is 23.1 Å². The first-order valence-electron chi connectivity index (χ1n) is 17.4. The number of benzene rings is 4. The molecule has 1 aliphatic heterocycles. The average Bonchev–Trinajstić information content (AvgIpc) is 3.14. The number of nitrogens with zero attached hydrogens (tertiary/aromatic N) is 3. The van der Waals surface area contributed by atoms with E-state index in [0.717, 1.165) is 48.5 Å². The van der Waals surface area contributed by atoms with Gasteiger partial charge in [-0.25, -0.2) is 4.98 Å². The van der Waals surface area contributed by atoms with Crippen LogP contribution in [0.2, 0.25) is 5.02 Å². The fourth-order valence-electron chi connectivity index (χ4n) is 5.79. The minimum Gasteiger partial charge on any atom is -0.493 e. The summed E-state index contributed by atoms with van der Waals surface area (Å²) in [7, 11) is 0. The molecule has 1 amide bonds. The number of piperazine rings is 1. The summed E-state index contributed by atoms with van der Waals surface area (Å²) in [6.45, 7) is 11.1. The second kappa shape index (κ2) is 18.7. The minimum absolute atomic E-state index is 0. The Morgan fingerprint density at radius 3 is 2.08 bits per heavy atom. The van der Waals surface area contributed by atoms with Crippen molar-refractivity contribution in [2.24, 2.45) is 0 Å². The van der Waals surface area contributed by atoms with Gasteiger partial charge in [-0.3, -0.25) is 9.69 Å². The Hall–Kier alpha value is -4.63. The summed E-state index contributed by atoms with van der Waals surface area (Å²) < 4.78 is 17.7. The maximum Gasteiger partial charge on any atom is 0.246 e. The van der Waals surface area contributed by atoms with Crippen LogP contribution in [0.4, 0.5) is 0 Å². The maximum absolute atomic E-state index is 13.1. The normalized spacial score (nSPS) is 13.1. The van der Waals surface area contributed by atoms with E-state index in [1.54, 1.807) is 18.3 Å². The summed E-state index contributed by atoms with van der Waals surface area (Å²) in [6, 6.07) is 32.4. The highest BCUT2D eigenvalue weighted by atomic mass is 79.9. The van der Waals surface area contributed by atoms with Crippen LogP contribution < -0.4 is 14.2 Å². The molecule has 0 N–H and O–H groups in total. The smallest absolute Gasteiger partial charge is 0.246 e. The van der Waals surface area contributed by atoms with Crippen LogP contribution in [0, 0.1) is 20.8 Å². The Morgan fingerprint density at radius 1 is 0.769 bits per heavy atom. The summed E-state index contributed by atoms with van der Waals surface area (Å²) in [6.07, 6.45) is 5.96. The van der Waals surface area contributed by atoms with Gasteiger partial charge in [0, 0.05) is 51.3 Å². The number of amides is 1. The lowest BCUT2D eigenvalue weighted by molar-refractivity contribution is -0.127. The van der Waals surface area contributed by atoms with Crippen molar-refractivity contribution in [1.29, 1.82) is 0 Å². The second-order valence-corrected chi connectivity index (χ2v) is 13.4. The van der Waals surface area contributed by atoms with Crippen molar-refractivity contribution in [2.45, 2.75) is 40.3 Å². The average molecular weight is 783 g/mol. The third kappa shape index (κ3) is 11.2. The van der Waals surface area contributed by atoms with Crippen molar-refractivity contribution in [3.05, 3.63) is 153 Å². The number of hydrogen-bond donors (Lipinski definition) is 0. The number of pyridine rings is 1. The molecule has 4 aromatic carbocycles. The summed E-state index contributed by atoms with van der Waals surface area (Å²) in [5, 5.41) is 0.437. The molecule has 0 bridgehead atoms. The number of carbonyl (C=O) groups excluding carboxylic acids is 1. The standard InChI is InChI=1S/C43H44ClN3O4.BrH/c1-31-4-8-36(9-5-31)30-50-39-17-18-42(45-28-39)51-41-26-33(3)37(27-40(41)44)14-19-43(48)47-23-21-46(22-24-47)29-35-12-10-34(11-13-35)20-25-49-38-15-6-32(2)7-16-38;/h4-19,26-28H,20-25,29-30H2,1-3H3;1H. The molecule has 0 saturated carbocycles. The fraction of sp³-hybridized carbons (Fsp3) is 0.256. The Kier molecular flexibility index (Phi) is 13.9. The van der Waals surface area contributed by atoms with Crippen LogP contribution in [-0.4, -0.2) is 53.5 Å². The van der Waals surface area contributed by atoms with E-state index in [1.165, 1.54) is 22.3 Å². The highest BCUT2D eigenvalue weighted by molar-refractivity contribution is 8.93. The minimum atomic E-state index is -0.00315. The molecule has 52 heavy (non-hydrogen) atoms. The van der Waals surface area contributed by atoms with Crippen LogP contribution in [0.3, 0.4) is 0 Å². The molecule has 0 radical (unpaired) electrons. The van der Waals surface area contributed by atoms with E-state index in [2.05, 4.69) is 72.3 Å². The molecule has 1 fully saturated rings. The van der Waals surface area contributed by atoms with E-state index in [-0.39, 0.29) is 22.9 Å². The molecule has 1 aromatic heterocycles. The first kappa shape index (κ1) is 38.6. The van der Waals surface area contributed by atoms with Crippen LogP contribution >= 0.6 is 28.6 Å². The molecule has 270 valence electrons. The zero-order valence-electron chi connectivity index (χ0n) is 29.9. The summed E-state index contributed by atoms with van der Waals surface area (Å²) in [5.41, 5.74) is 7.86. The topological polar surface area (TPSA) is 64.1 Å². The zero-order chi connectivity index (χ0) is 35.6. The molecule has 7 nitrogen and oxygen atoms in total. The Bertz CT molecular complexity index is 1920. The summed E-state index contributed by atoms with van der Waals surface area (Å²) >= 11 is 6.60. The van der Waals surface area contributed by atoms with E-state index in [4.69, 9.17) is 25.8 Å². The molecule has 1 saturated heterocycles. The molecule has 0 atom stereocenters. The van der Waals surface area contributed by atoms with Gasteiger partial charge in [0.2, 0.25) is 11.8 Å². The molecule has 0 unspecified atom stereocenters. The van der Waals surface area contributed by atoms with Crippen molar-refractivity contribution >= 4 is 40.6 Å². The lowest BCUT2D eigenvalue weighted by Crippen LogP contribution is -2.47. The third-order valence-electron chi connectivity index (χ3n) is 8.97. The number of rotatable bonds is 13. The Morgan fingerprint density at radius 2 is 1.40 bits per heavy atom. The first-order chi connectivity index (χ1) is 24.8. The molecular weight excluding hydrogens is 738 g/mol. The van der Waals surface area contributed by atoms with Gasteiger partial charge in [-0.05, 0) is 85.0 Å². The van der Waals surface area contributed by atoms with E-state index in [1.807, 2.05) is 60.4 Å². The van der Waals surface area contributed by atoms with Gasteiger partial charge in [0.25, 0.3) is 0 Å². The number of halogens is 2. The van der Waals surface area contributed by atoms with E-state index >= 15 is 0 Å². The number of ether oxygens (including phenoxy) is 3. The molecule has 5 aromatic rings. The molecular formula is C43H45BrClN3O4. The van der Waals surface area contributed by atoms with Crippen LogP contribution in [-0.2, 0) is 24.4 Å². The maximum atomic E-state index is 13.1.